The molecule has 0 aliphatic carbocycles. The van der Waals surface area contributed by atoms with Crippen LogP contribution in [0.15, 0.2) is 119 Å². The van der Waals surface area contributed by atoms with Crippen molar-refractivity contribution in [3.05, 3.63) is 126 Å². The lowest BCUT2D eigenvalue weighted by molar-refractivity contribution is 0.408. The van der Waals surface area contributed by atoms with Crippen molar-refractivity contribution in [3.63, 3.8) is 0 Å². The largest absolute Gasteiger partial charge is 0.319 e. The van der Waals surface area contributed by atoms with E-state index in [0.717, 1.165) is 67.9 Å². The standard InChI is InChI=1S/C38H49N3O4S2/c1-4-6-8-12-20-31(19-7-5-2)30-39-47(44,45)37-29-35(46(3,42)43)27-28-36(37)40-41-38(32-21-13-9-14-22-32,33-23-15-10-16-24-33)34-25-17-11-18-26-34/h9-11,13-18,21-29,31,39-41H,4-8,12,19-20,30H2,1-3H3. The Balaban J connectivity index is 1.74. The summed E-state index contributed by atoms with van der Waals surface area (Å²) in [5.74, 6) is 0.205. The summed E-state index contributed by atoms with van der Waals surface area (Å²) in [5.41, 5.74) is 8.86. The van der Waals surface area contributed by atoms with E-state index in [1.165, 1.54) is 24.6 Å². The van der Waals surface area contributed by atoms with E-state index in [4.69, 9.17) is 0 Å². The molecule has 0 bridgehead atoms. The van der Waals surface area contributed by atoms with Crippen molar-refractivity contribution in [2.24, 2.45) is 5.92 Å². The van der Waals surface area contributed by atoms with Crippen molar-refractivity contribution >= 4 is 25.5 Å². The highest BCUT2D eigenvalue weighted by molar-refractivity contribution is 7.91. The summed E-state index contributed by atoms with van der Waals surface area (Å²) >= 11 is 0. The maximum Gasteiger partial charge on any atom is 0.242 e. The third-order valence-corrected chi connectivity index (χ3v) is 11.2. The summed E-state index contributed by atoms with van der Waals surface area (Å²) in [7, 11) is -7.78. The zero-order chi connectivity index (χ0) is 33.8. The number of hydrogen-bond acceptors (Lipinski definition) is 6. The van der Waals surface area contributed by atoms with E-state index < -0.39 is 25.4 Å². The maximum absolute atomic E-state index is 14.0. The van der Waals surface area contributed by atoms with Crippen LogP contribution in [0.25, 0.3) is 0 Å². The number of hydrogen-bond donors (Lipinski definition) is 3. The predicted molar refractivity (Wildman–Crippen MR) is 192 cm³/mol. The molecule has 0 spiro atoms. The van der Waals surface area contributed by atoms with Gasteiger partial charge < -0.3 is 5.43 Å². The van der Waals surface area contributed by atoms with Crippen molar-refractivity contribution in [1.82, 2.24) is 10.1 Å². The van der Waals surface area contributed by atoms with Crippen molar-refractivity contribution in [1.29, 1.82) is 0 Å². The van der Waals surface area contributed by atoms with Gasteiger partial charge in [0.05, 0.1) is 10.6 Å². The van der Waals surface area contributed by atoms with E-state index in [-0.39, 0.29) is 21.4 Å². The minimum absolute atomic E-state index is 0.0639. The van der Waals surface area contributed by atoms with Crippen LogP contribution in [0, 0.1) is 5.92 Å². The highest BCUT2D eigenvalue weighted by atomic mass is 32.2. The molecule has 0 aromatic heterocycles. The molecule has 7 nitrogen and oxygen atoms in total. The monoisotopic (exact) mass is 675 g/mol. The molecule has 0 fully saturated rings. The summed E-state index contributed by atoms with van der Waals surface area (Å²) in [6.45, 7) is 4.62. The van der Waals surface area contributed by atoms with Gasteiger partial charge in [0.2, 0.25) is 10.0 Å². The van der Waals surface area contributed by atoms with E-state index in [2.05, 4.69) is 29.4 Å². The molecule has 0 saturated heterocycles. The average Bonchev–Trinajstić information content (AvgIpc) is 3.09. The fraction of sp³-hybridized carbons (Fsp3) is 0.368. The Kier molecular flexibility index (Phi) is 13.2. The van der Waals surface area contributed by atoms with Crippen LogP contribution in [0.1, 0.15) is 81.9 Å². The van der Waals surface area contributed by atoms with Gasteiger partial charge in [0.25, 0.3) is 0 Å². The molecule has 0 amide bonds. The van der Waals surface area contributed by atoms with Crippen LogP contribution in [-0.2, 0) is 25.4 Å². The Morgan fingerprint density at radius 2 is 1.15 bits per heavy atom. The number of benzene rings is 4. The Hall–Kier alpha value is -3.50. The van der Waals surface area contributed by atoms with Crippen LogP contribution in [0.2, 0.25) is 0 Å². The number of sulfonamides is 1. The van der Waals surface area contributed by atoms with E-state index in [9.17, 15) is 16.8 Å². The second-order valence-corrected chi connectivity index (χ2v) is 16.0. The van der Waals surface area contributed by atoms with Crippen molar-refractivity contribution in [2.45, 2.75) is 80.5 Å². The number of nitrogens with one attached hydrogen (secondary N) is 3. The molecule has 1 unspecified atom stereocenters. The van der Waals surface area contributed by atoms with E-state index in [1.54, 1.807) is 0 Å². The maximum atomic E-state index is 14.0. The smallest absolute Gasteiger partial charge is 0.242 e. The van der Waals surface area contributed by atoms with Gasteiger partial charge in [-0.3, -0.25) is 0 Å². The molecule has 0 radical (unpaired) electrons. The normalized spacial score (nSPS) is 12.9. The van der Waals surface area contributed by atoms with Gasteiger partial charge in [-0.1, -0.05) is 143 Å². The van der Waals surface area contributed by atoms with Gasteiger partial charge in [0.1, 0.15) is 10.4 Å². The van der Waals surface area contributed by atoms with Crippen LogP contribution in [0.3, 0.4) is 0 Å². The van der Waals surface area contributed by atoms with Crippen LogP contribution < -0.4 is 15.6 Å². The fourth-order valence-corrected chi connectivity index (χ4v) is 8.03. The minimum Gasteiger partial charge on any atom is -0.319 e. The number of anilines is 1. The quantitative estimate of drug-likeness (QED) is 0.0528. The van der Waals surface area contributed by atoms with Crippen molar-refractivity contribution in [3.8, 4) is 0 Å². The Morgan fingerprint density at radius 1 is 0.638 bits per heavy atom. The zero-order valence-electron chi connectivity index (χ0n) is 27.8. The van der Waals surface area contributed by atoms with Crippen LogP contribution >= 0.6 is 0 Å². The van der Waals surface area contributed by atoms with E-state index >= 15 is 0 Å². The molecule has 3 N–H and O–H groups in total. The molecule has 0 aliphatic rings. The molecule has 4 aromatic carbocycles. The summed E-state index contributed by atoms with van der Waals surface area (Å²) < 4.78 is 56.1. The molecule has 1 atom stereocenters. The highest BCUT2D eigenvalue weighted by Gasteiger charge is 2.37. The van der Waals surface area contributed by atoms with Crippen LogP contribution in [0.4, 0.5) is 5.69 Å². The molecule has 47 heavy (non-hydrogen) atoms. The lowest BCUT2D eigenvalue weighted by Crippen LogP contribution is -2.48. The van der Waals surface area contributed by atoms with Gasteiger partial charge in [-0.2, -0.15) is 0 Å². The van der Waals surface area contributed by atoms with Crippen LogP contribution in [0.5, 0.6) is 0 Å². The number of hydrazine groups is 1. The molecule has 0 heterocycles. The summed E-state index contributed by atoms with van der Waals surface area (Å²) in [5, 5.41) is 0. The zero-order valence-corrected chi connectivity index (χ0v) is 29.4. The number of rotatable bonds is 19. The summed E-state index contributed by atoms with van der Waals surface area (Å²) in [6.07, 6.45) is 9.55. The van der Waals surface area contributed by atoms with Gasteiger partial charge in [-0.25, -0.2) is 27.0 Å². The predicted octanol–water partition coefficient (Wildman–Crippen LogP) is 8.05. The second-order valence-electron chi connectivity index (χ2n) is 12.2. The van der Waals surface area contributed by atoms with E-state index in [1.807, 2.05) is 91.0 Å². The summed E-state index contributed by atoms with van der Waals surface area (Å²) in [4.78, 5) is -0.192. The first-order valence-electron chi connectivity index (χ1n) is 16.6. The average molecular weight is 676 g/mol. The Bertz CT molecular complexity index is 1650. The third-order valence-electron chi connectivity index (χ3n) is 8.67. The first kappa shape index (κ1) is 36.3. The minimum atomic E-state index is -4.11. The van der Waals surface area contributed by atoms with E-state index in [0.29, 0.717) is 6.54 Å². The SMILES string of the molecule is CCCCCCC(CCCC)CNS(=O)(=O)c1cc(S(C)(=O)=O)ccc1NNC(c1ccccc1)(c1ccccc1)c1ccccc1. The lowest BCUT2D eigenvalue weighted by atomic mass is 9.77. The second kappa shape index (κ2) is 17.1. The molecular formula is C38H49N3O4S2. The van der Waals surface area contributed by atoms with Gasteiger partial charge >= 0.3 is 0 Å². The third kappa shape index (κ3) is 9.54. The molecule has 252 valence electrons. The van der Waals surface area contributed by atoms with Crippen LogP contribution in [-0.4, -0.2) is 29.6 Å². The van der Waals surface area contributed by atoms with Crippen molar-refractivity contribution < 1.29 is 16.8 Å². The Labute approximate surface area is 282 Å². The first-order chi connectivity index (χ1) is 22.6. The lowest BCUT2D eigenvalue weighted by Gasteiger charge is -2.37. The van der Waals surface area contributed by atoms with Gasteiger partial charge in [-0.05, 0) is 53.6 Å². The van der Waals surface area contributed by atoms with Crippen molar-refractivity contribution in [2.75, 3.05) is 18.2 Å². The molecule has 9 heteroatoms. The summed E-state index contributed by atoms with van der Waals surface area (Å²) in [6, 6.07) is 34.0. The first-order valence-corrected chi connectivity index (χ1v) is 20.0. The van der Waals surface area contributed by atoms with Gasteiger partial charge in [0, 0.05) is 12.8 Å². The van der Waals surface area contributed by atoms with Gasteiger partial charge in [0.15, 0.2) is 9.84 Å². The number of sulfone groups is 1. The molecule has 0 aliphatic heterocycles. The topological polar surface area (TPSA) is 104 Å². The Morgan fingerprint density at radius 3 is 1.64 bits per heavy atom. The fourth-order valence-electron chi connectivity index (χ4n) is 6.01. The molecular weight excluding hydrogens is 627 g/mol. The highest BCUT2D eigenvalue weighted by Crippen LogP contribution is 2.37. The molecule has 0 saturated carbocycles. The molecule has 4 aromatic rings. The van der Waals surface area contributed by atoms with Gasteiger partial charge in [-0.15, -0.1) is 0 Å². The molecule has 4 rings (SSSR count). The number of unbranched alkanes of at least 4 members (excludes halogenated alkanes) is 4.